The van der Waals surface area contributed by atoms with Crippen molar-refractivity contribution in [3.63, 3.8) is 0 Å². The normalized spacial score (nSPS) is 9.67. The summed E-state index contributed by atoms with van der Waals surface area (Å²) in [6.45, 7) is 0. The van der Waals surface area contributed by atoms with Crippen molar-refractivity contribution in [3.8, 4) is 0 Å². The van der Waals surface area contributed by atoms with E-state index in [1.807, 2.05) is 0 Å². The first-order valence-electron chi connectivity index (χ1n) is 2.00. The molecule has 12 nitrogen and oxygen atoms in total. The van der Waals surface area contributed by atoms with Crippen LogP contribution in [0.25, 0.3) is 0 Å². The van der Waals surface area contributed by atoms with Crippen LogP contribution >= 0.6 is 0 Å². The summed E-state index contributed by atoms with van der Waals surface area (Å²) in [4.78, 5) is 0. The van der Waals surface area contributed by atoms with Crippen molar-refractivity contribution in [3.05, 3.63) is 0 Å². The van der Waals surface area contributed by atoms with Crippen molar-refractivity contribution in [1.82, 2.24) is 0 Å². The Balaban J connectivity index is -0.0000000277. The van der Waals surface area contributed by atoms with Crippen molar-refractivity contribution in [2.45, 2.75) is 0 Å². The molecule has 0 saturated carbocycles. The third kappa shape index (κ3) is 983. The van der Waals surface area contributed by atoms with E-state index < -0.39 is 31.2 Å². The first-order valence-corrected chi connectivity index (χ1v) is 6.00. The molecule has 0 aromatic heterocycles. The van der Waals surface area contributed by atoms with E-state index in [0.717, 1.165) is 0 Å². The SMILES string of the molecule is O=S(=O)([O-])[O-].O=S(=O)([O-])[O-].O=S(=O)([O-])[O-].[Pb+2].[Pb+2].[Pb+2]. The van der Waals surface area contributed by atoms with Crippen LogP contribution in [0.15, 0.2) is 0 Å². The van der Waals surface area contributed by atoms with Gasteiger partial charge in [-0.3, -0.25) is 25.3 Å². The summed E-state index contributed by atoms with van der Waals surface area (Å²) in [6.07, 6.45) is 0. The molecule has 0 fully saturated rings. The Kier molecular flexibility index (Phi) is 32.4. The van der Waals surface area contributed by atoms with Gasteiger partial charge in [-0.2, -0.15) is 0 Å². The number of rotatable bonds is 0. The number of hydrogen-bond acceptors (Lipinski definition) is 12. The van der Waals surface area contributed by atoms with Crippen molar-refractivity contribution in [2.24, 2.45) is 0 Å². The first-order chi connectivity index (χ1) is 6.00. The summed E-state index contributed by atoms with van der Waals surface area (Å²) in [5.41, 5.74) is 0. The first kappa shape index (κ1) is 37.0. The van der Waals surface area contributed by atoms with Gasteiger partial charge in [-0.05, 0) is 0 Å². The fourth-order valence-corrected chi connectivity index (χ4v) is 0. The summed E-state index contributed by atoms with van der Waals surface area (Å²) >= 11 is 0. The topological polar surface area (TPSA) is 241 Å². The minimum atomic E-state index is -5.17. The maximum absolute atomic E-state index is 8.52. The zero-order valence-electron chi connectivity index (χ0n) is 7.62. The summed E-state index contributed by atoms with van der Waals surface area (Å²) in [6, 6.07) is 0. The second-order valence-corrected chi connectivity index (χ2v) is 3.67. The van der Waals surface area contributed by atoms with Crippen molar-refractivity contribution >= 4 is 113 Å². The minimum Gasteiger partial charge on any atom is -0.759 e. The van der Waals surface area contributed by atoms with Gasteiger partial charge in [0.1, 0.15) is 0 Å². The Hall–Kier alpha value is 2.38. The average Bonchev–Trinajstić information content (AvgIpc) is 1.41. The van der Waals surface area contributed by atoms with E-state index in [9.17, 15) is 0 Å². The third-order valence-corrected chi connectivity index (χ3v) is 0. The molecule has 0 amide bonds. The van der Waals surface area contributed by atoms with Gasteiger partial charge in [0.05, 0.1) is 0 Å². The van der Waals surface area contributed by atoms with Gasteiger partial charge in [0, 0.05) is 31.2 Å². The van der Waals surface area contributed by atoms with Gasteiger partial charge in [-0.25, -0.2) is 0 Å². The Bertz CT molecular complexity index is 343. The fraction of sp³-hybridized carbons (Fsp3) is 0. The van der Waals surface area contributed by atoms with Gasteiger partial charge >= 0.3 is 81.9 Å². The molecule has 102 valence electrons. The molecule has 0 aromatic carbocycles. The maximum atomic E-state index is 8.52. The molecule has 0 N–H and O–H groups in total. The van der Waals surface area contributed by atoms with Crippen molar-refractivity contribution in [1.29, 1.82) is 0 Å². The summed E-state index contributed by atoms with van der Waals surface area (Å²) in [5.74, 6) is 0. The predicted octanol–water partition coefficient (Wildman–Crippen LogP) is -5.16. The molecular weight excluding hydrogens is 910 g/mol. The summed E-state index contributed by atoms with van der Waals surface area (Å²) < 4.78 is 102. The predicted molar refractivity (Wildman–Crippen MR) is 48.7 cm³/mol. The minimum absolute atomic E-state index is 0. The van der Waals surface area contributed by atoms with Crippen LogP contribution in [-0.2, 0) is 31.2 Å². The fourth-order valence-electron chi connectivity index (χ4n) is 0. The van der Waals surface area contributed by atoms with Gasteiger partial charge in [0.15, 0.2) is 0 Å². The molecule has 0 saturated heterocycles. The molecular formula is O12Pb3S3. The van der Waals surface area contributed by atoms with Gasteiger partial charge in [-0.15, -0.1) is 0 Å². The van der Waals surface area contributed by atoms with E-state index >= 15 is 0 Å². The largest absolute Gasteiger partial charge is 2.00 e. The molecule has 0 atom stereocenters. The van der Waals surface area contributed by atoms with Crippen LogP contribution in [0.3, 0.4) is 0 Å². The van der Waals surface area contributed by atoms with E-state index in [4.69, 9.17) is 52.6 Å². The second-order valence-electron chi connectivity index (χ2n) is 1.22. The summed E-state index contributed by atoms with van der Waals surface area (Å²) in [7, 11) is -15.5. The molecule has 0 aromatic rings. The third-order valence-electron chi connectivity index (χ3n) is 0. The Labute approximate surface area is 163 Å². The molecule has 0 aliphatic heterocycles. The smallest absolute Gasteiger partial charge is 0.759 e. The number of hydrogen-bond donors (Lipinski definition) is 0. The second kappa shape index (κ2) is 15.8. The van der Waals surface area contributed by atoms with Crippen LogP contribution < -0.4 is 0 Å². The maximum Gasteiger partial charge on any atom is 2.00 e. The molecule has 18 heteroatoms. The molecule has 0 heterocycles. The van der Waals surface area contributed by atoms with Crippen LogP contribution in [0, 0.1) is 0 Å². The average molecular weight is 910 g/mol. The zero-order chi connectivity index (χ0) is 13.5. The summed E-state index contributed by atoms with van der Waals surface area (Å²) in [5, 5.41) is 0. The van der Waals surface area contributed by atoms with Crippen molar-refractivity contribution < 1.29 is 52.6 Å². The standard InChI is InChI=1S/3H2O4S.3Pb/c3*1-5(2,3)4;;;/h3*(H2,1,2,3,4);;;/q;;;3*+2/p-6. The molecule has 0 rings (SSSR count). The van der Waals surface area contributed by atoms with Gasteiger partial charge in [0.2, 0.25) is 0 Å². The van der Waals surface area contributed by atoms with Crippen LogP contribution in [0.1, 0.15) is 0 Å². The Morgan fingerprint density at radius 1 is 0.389 bits per heavy atom. The Morgan fingerprint density at radius 2 is 0.389 bits per heavy atom. The molecule has 18 heavy (non-hydrogen) atoms. The molecule has 0 unspecified atom stereocenters. The van der Waals surface area contributed by atoms with E-state index in [2.05, 4.69) is 0 Å². The van der Waals surface area contributed by atoms with E-state index in [1.165, 1.54) is 0 Å². The van der Waals surface area contributed by atoms with E-state index in [0.29, 0.717) is 0 Å². The van der Waals surface area contributed by atoms with E-state index in [-0.39, 0.29) is 81.9 Å². The van der Waals surface area contributed by atoms with Gasteiger partial charge in [0.25, 0.3) is 0 Å². The van der Waals surface area contributed by atoms with Crippen LogP contribution in [-0.4, -0.2) is 134 Å². The molecule has 0 aliphatic carbocycles. The molecule has 0 bridgehead atoms. The Morgan fingerprint density at radius 3 is 0.389 bits per heavy atom. The van der Waals surface area contributed by atoms with Gasteiger partial charge in [-0.1, -0.05) is 0 Å². The van der Waals surface area contributed by atoms with Gasteiger partial charge < -0.3 is 27.3 Å². The van der Waals surface area contributed by atoms with Crippen LogP contribution in [0.2, 0.25) is 0 Å². The molecule has 0 aliphatic rings. The molecule has 6 radical (unpaired) electrons. The van der Waals surface area contributed by atoms with Crippen LogP contribution in [0.5, 0.6) is 0 Å². The zero-order valence-corrected chi connectivity index (χ0v) is 21.7. The quantitative estimate of drug-likeness (QED) is 0.126. The van der Waals surface area contributed by atoms with Crippen LogP contribution in [0.4, 0.5) is 0 Å². The monoisotopic (exact) mass is 912 g/mol. The van der Waals surface area contributed by atoms with E-state index in [1.54, 1.807) is 0 Å². The molecule has 0 spiro atoms. The van der Waals surface area contributed by atoms with Crippen molar-refractivity contribution in [2.75, 3.05) is 0 Å².